The molecule has 42 heavy (non-hydrogen) atoms. The Morgan fingerprint density at radius 1 is 1.07 bits per heavy atom. The topological polar surface area (TPSA) is 156 Å². The normalized spacial score (nSPS) is 35.6. The molecular formula is C34H54N2O6. The third-order valence-corrected chi connectivity index (χ3v) is 10.4. The van der Waals surface area contributed by atoms with Crippen molar-refractivity contribution < 1.29 is 30.3 Å². The fourth-order valence-corrected chi connectivity index (χ4v) is 7.88. The van der Waals surface area contributed by atoms with Crippen LogP contribution < -0.4 is 11.1 Å². The summed E-state index contributed by atoms with van der Waals surface area (Å²) >= 11 is 0. The van der Waals surface area contributed by atoms with Crippen LogP contribution in [0.1, 0.15) is 90.4 Å². The van der Waals surface area contributed by atoms with E-state index in [2.05, 4.69) is 30.5 Å². The van der Waals surface area contributed by atoms with Gasteiger partial charge >= 0.3 is 5.97 Å². The second kappa shape index (κ2) is 15.0. The number of carboxylic acid groups (broad SMARTS) is 1. The van der Waals surface area contributed by atoms with Gasteiger partial charge in [0.25, 0.3) is 0 Å². The fraction of sp³-hybridized carbons (Fsp3) is 0.735. The lowest BCUT2D eigenvalue weighted by Gasteiger charge is -2.41. The van der Waals surface area contributed by atoms with E-state index in [0.29, 0.717) is 44.0 Å². The summed E-state index contributed by atoms with van der Waals surface area (Å²) in [6.45, 7) is 2.86. The number of unbranched alkanes of at least 4 members (excludes halogenated alkanes) is 4. The first-order valence-corrected chi connectivity index (χ1v) is 16.4. The van der Waals surface area contributed by atoms with Crippen molar-refractivity contribution in [1.82, 2.24) is 5.32 Å². The summed E-state index contributed by atoms with van der Waals surface area (Å²) < 4.78 is 0. The minimum Gasteiger partial charge on any atom is -0.481 e. The molecule has 8 N–H and O–H groups in total. The molecule has 10 unspecified atom stereocenters. The molecule has 0 amide bonds. The molecule has 0 spiro atoms. The molecule has 10 atom stereocenters. The third kappa shape index (κ3) is 8.07. The average molecular weight is 587 g/mol. The minimum atomic E-state index is -1.39. The third-order valence-electron chi connectivity index (χ3n) is 10.4. The number of hydrogen-bond donors (Lipinski definition) is 7. The van der Waals surface area contributed by atoms with Crippen molar-refractivity contribution in [2.75, 3.05) is 6.54 Å². The molecule has 1 aliphatic heterocycles. The van der Waals surface area contributed by atoms with Gasteiger partial charge in [0.2, 0.25) is 0 Å². The lowest BCUT2D eigenvalue weighted by atomic mass is 9.70. The van der Waals surface area contributed by atoms with E-state index in [9.17, 15) is 30.3 Å². The Hall–Kier alpha value is -2.13. The van der Waals surface area contributed by atoms with Gasteiger partial charge in [0, 0.05) is 24.3 Å². The maximum atomic E-state index is 12.2. The van der Waals surface area contributed by atoms with Crippen molar-refractivity contribution in [1.29, 1.82) is 0 Å². The van der Waals surface area contributed by atoms with E-state index >= 15 is 0 Å². The molecule has 0 saturated heterocycles. The van der Waals surface area contributed by atoms with Gasteiger partial charge in [-0.25, -0.2) is 0 Å². The largest absolute Gasteiger partial charge is 0.481 e. The predicted molar refractivity (Wildman–Crippen MR) is 164 cm³/mol. The Bertz CT molecular complexity index is 1020. The summed E-state index contributed by atoms with van der Waals surface area (Å²) in [6.07, 6.45) is 20.3. The quantitative estimate of drug-likeness (QED) is 0.111. The molecule has 0 aromatic carbocycles. The Labute approximate surface area is 251 Å². The highest BCUT2D eigenvalue weighted by atomic mass is 16.4. The number of nitrogens with two attached hydrogens (primary N) is 1. The first-order valence-electron chi connectivity index (χ1n) is 16.4. The van der Waals surface area contributed by atoms with Crippen molar-refractivity contribution in [2.24, 2.45) is 41.2 Å². The number of fused-ring (bicyclic) bond motifs is 1. The molecular weight excluding hydrogens is 532 g/mol. The molecule has 1 fully saturated rings. The van der Waals surface area contributed by atoms with Crippen LogP contribution >= 0.6 is 0 Å². The molecule has 8 heteroatoms. The van der Waals surface area contributed by atoms with Crippen LogP contribution in [0.3, 0.4) is 0 Å². The minimum absolute atomic E-state index is 0.0347. The van der Waals surface area contributed by atoms with Gasteiger partial charge in [-0.1, -0.05) is 75.8 Å². The molecule has 0 aromatic heterocycles. The average Bonchev–Trinajstić information content (AvgIpc) is 3.19. The molecule has 236 valence electrons. The van der Waals surface area contributed by atoms with Crippen LogP contribution in [-0.2, 0) is 4.79 Å². The van der Waals surface area contributed by atoms with Crippen molar-refractivity contribution >= 4 is 5.97 Å². The SMILES string of the molecule is CCCCCC1C=CC(CCCCCC(C(=O)O)C(O)C2C=CC3C(CC4=CCNC(N)=C4)CC(O)C3(O)C2)C(O)C1. The number of dihydropyridines is 1. The van der Waals surface area contributed by atoms with Crippen molar-refractivity contribution in [3.63, 3.8) is 0 Å². The molecule has 3 aliphatic carbocycles. The zero-order valence-electron chi connectivity index (χ0n) is 25.3. The molecule has 0 radical (unpaired) electrons. The van der Waals surface area contributed by atoms with Crippen LogP contribution in [0, 0.1) is 35.5 Å². The first kappa shape index (κ1) is 32.8. The van der Waals surface area contributed by atoms with Crippen LogP contribution in [0.5, 0.6) is 0 Å². The van der Waals surface area contributed by atoms with E-state index in [-0.39, 0.29) is 30.3 Å². The second-order valence-electron chi connectivity index (χ2n) is 13.4. The van der Waals surface area contributed by atoms with E-state index < -0.39 is 35.6 Å². The monoisotopic (exact) mass is 586 g/mol. The smallest absolute Gasteiger partial charge is 0.309 e. The Morgan fingerprint density at radius 2 is 1.86 bits per heavy atom. The zero-order chi connectivity index (χ0) is 30.3. The second-order valence-corrected chi connectivity index (χ2v) is 13.4. The number of rotatable bonds is 15. The number of hydrogen-bond acceptors (Lipinski definition) is 7. The lowest BCUT2D eigenvalue weighted by Crippen LogP contribution is -2.49. The first-order chi connectivity index (χ1) is 20.1. The predicted octanol–water partition coefficient (Wildman–Crippen LogP) is 4.16. The van der Waals surface area contributed by atoms with E-state index in [1.54, 1.807) is 0 Å². The molecule has 1 saturated carbocycles. The Kier molecular flexibility index (Phi) is 11.7. The van der Waals surface area contributed by atoms with Gasteiger partial charge in [-0.05, 0) is 68.4 Å². The lowest BCUT2D eigenvalue weighted by molar-refractivity contribution is -0.149. The van der Waals surface area contributed by atoms with E-state index in [1.165, 1.54) is 19.3 Å². The fourth-order valence-electron chi connectivity index (χ4n) is 7.88. The van der Waals surface area contributed by atoms with Gasteiger partial charge in [-0.2, -0.15) is 0 Å². The number of aliphatic hydroxyl groups excluding tert-OH is 3. The molecule has 0 bridgehead atoms. The Morgan fingerprint density at radius 3 is 2.57 bits per heavy atom. The number of aliphatic hydroxyl groups is 4. The van der Waals surface area contributed by atoms with Gasteiger partial charge in [0.15, 0.2) is 0 Å². The molecule has 1 heterocycles. The number of carbonyl (C=O) groups is 1. The number of allylic oxidation sites excluding steroid dienone is 3. The van der Waals surface area contributed by atoms with Crippen molar-refractivity contribution in [3.05, 3.63) is 47.9 Å². The number of nitrogens with one attached hydrogen (secondary N) is 1. The summed E-state index contributed by atoms with van der Waals surface area (Å²) in [5.74, 6) is -1.49. The standard InChI is InChI=1S/C34H54N2O6/c1-2-3-5-8-22-11-12-24(29(37)18-22)9-6-4-7-10-27(33(40)41)32(39)25-13-14-28-26(20-30(38)34(28,42)21-25)17-23-15-16-36-31(35)19-23/h11-15,19,22,24-30,32,36-39,42H,2-10,16-18,20-21,35H2,1H3,(H,40,41). The summed E-state index contributed by atoms with van der Waals surface area (Å²) in [7, 11) is 0. The molecule has 4 rings (SSSR count). The van der Waals surface area contributed by atoms with Gasteiger partial charge in [0.1, 0.15) is 0 Å². The maximum Gasteiger partial charge on any atom is 0.309 e. The zero-order valence-corrected chi connectivity index (χ0v) is 25.3. The summed E-state index contributed by atoms with van der Waals surface area (Å²) in [6, 6.07) is 0. The highest BCUT2D eigenvalue weighted by Crippen LogP contribution is 2.51. The highest BCUT2D eigenvalue weighted by Gasteiger charge is 2.55. The van der Waals surface area contributed by atoms with Crippen LogP contribution in [0.25, 0.3) is 0 Å². The van der Waals surface area contributed by atoms with Crippen LogP contribution in [0.15, 0.2) is 47.9 Å². The van der Waals surface area contributed by atoms with Gasteiger partial charge in [-0.15, -0.1) is 0 Å². The molecule has 4 aliphatic rings. The summed E-state index contributed by atoms with van der Waals surface area (Å²) in [5.41, 5.74) is 5.60. The number of carboxylic acids is 1. The summed E-state index contributed by atoms with van der Waals surface area (Å²) in [5, 5.41) is 57.3. The van der Waals surface area contributed by atoms with Crippen LogP contribution in [0.4, 0.5) is 0 Å². The van der Waals surface area contributed by atoms with Crippen molar-refractivity contribution in [3.8, 4) is 0 Å². The van der Waals surface area contributed by atoms with Gasteiger partial charge in [-0.3, -0.25) is 4.79 Å². The number of aliphatic carboxylic acids is 1. The Balaban J connectivity index is 1.25. The van der Waals surface area contributed by atoms with E-state index in [4.69, 9.17) is 5.73 Å². The van der Waals surface area contributed by atoms with Crippen LogP contribution in [0.2, 0.25) is 0 Å². The van der Waals surface area contributed by atoms with Gasteiger partial charge in [0.05, 0.1) is 35.7 Å². The maximum absolute atomic E-state index is 12.2. The van der Waals surface area contributed by atoms with E-state index in [1.807, 2.05) is 18.2 Å². The molecule has 0 aromatic rings. The molecule has 8 nitrogen and oxygen atoms in total. The highest BCUT2D eigenvalue weighted by molar-refractivity contribution is 5.70. The van der Waals surface area contributed by atoms with Gasteiger partial charge < -0.3 is 36.6 Å². The summed E-state index contributed by atoms with van der Waals surface area (Å²) in [4.78, 5) is 12.2. The van der Waals surface area contributed by atoms with E-state index in [0.717, 1.165) is 37.7 Å². The van der Waals surface area contributed by atoms with Crippen molar-refractivity contribution in [2.45, 2.75) is 114 Å². The van der Waals surface area contributed by atoms with Crippen LogP contribution in [-0.4, -0.2) is 62.0 Å².